The van der Waals surface area contributed by atoms with Gasteiger partial charge in [0.1, 0.15) is 25.3 Å². The molecule has 2 unspecified atom stereocenters. The molecule has 18 heteroatoms. The molecule has 0 aromatic heterocycles. The number of nitrogens with two attached hydrogens (primary N) is 2. The fraction of sp³-hybridized carbons (Fsp3) is 0.438. The number of phenolic OH excluding ortho intramolecular Hbond substituents is 4. The van der Waals surface area contributed by atoms with Crippen molar-refractivity contribution in [1.29, 1.82) is 0 Å². The highest BCUT2D eigenvalue weighted by atomic mass is 16.6. The second-order valence-electron chi connectivity index (χ2n) is 10.9. The topological polar surface area (TPSA) is 291 Å². The molecule has 0 fully saturated rings. The van der Waals surface area contributed by atoms with Gasteiger partial charge >= 0.3 is 29.8 Å². The predicted octanol–water partition coefficient (Wildman–Crippen LogP) is -0.586. The lowest BCUT2D eigenvalue weighted by molar-refractivity contribution is -0.188. The van der Waals surface area contributed by atoms with Crippen LogP contribution in [0.1, 0.15) is 31.9 Å². The van der Waals surface area contributed by atoms with E-state index in [2.05, 4.69) is 0 Å². The minimum atomic E-state index is -2.04. The molecule has 6 atom stereocenters. The molecule has 274 valence electrons. The van der Waals surface area contributed by atoms with Gasteiger partial charge in [0.2, 0.25) is 6.10 Å². The lowest BCUT2D eigenvalue weighted by Crippen LogP contribution is -2.44. The van der Waals surface area contributed by atoms with Crippen molar-refractivity contribution in [3.05, 3.63) is 47.5 Å². The highest BCUT2D eigenvalue weighted by Crippen LogP contribution is 2.26. The van der Waals surface area contributed by atoms with E-state index in [-0.39, 0.29) is 18.6 Å². The Hall–Kier alpha value is -5.46. The van der Waals surface area contributed by atoms with Gasteiger partial charge in [0.05, 0.1) is 0 Å². The largest absolute Gasteiger partial charge is 0.504 e. The zero-order valence-corrected chi connectivity index (χ0v) is 27.6. The zero-order valence-electron chi connectivity index (χ0n) is 27.6. The molecule has 0 aliphatic carbocycles. The molecule has 0 saturated carbocycles. The Morgan fingerprint density at radius 2 is 1.02 bits per heavy atom. The maximum absolute atomic E-state index is 13.2. The standard InChI is InChI=1S/C32H40N2O16/c1-15(35)26(13-46-30(42)20(33)9-18-5-7-22(36)24(38)11-18)49-32(44)27(50-29(41)17(3)48-28(40)16(2)45-4)14-47-31(43)21(34)10-19-6-8-23(37)25(39)12-19/h5-8,11-12,16-17,20-21,26-27,36-39H,9-10,13-14,33-34H2,1-4H3/t16-,17-,20?,21?,26-,27-/m0/s1. The third-order valence-electron chi connectivity index (χ3n) is 6.89. The van der Waals surface area contributed by atoms with Gasteiger partial charge < -0.3 is 60.3 Å². The summed E-state index contributed by atoms with van der Waals surface area (Å²) in [6.45, 7) is 1.68. The maximum Gasteiger partial charge on any atom is 0.351 e. The Balaban J connectivity index is 2.13. The first-order chi connectivity index (χ1) is 23.4. The quantitative estimate of drug-likeness (QED) is 0.0641. The molecule has 2 rings (SSSR count). The third-order valence-corrected chi connectivity index (χ3v) is 6.89. The van der Waals surface area contributed by atoms with Crippen molar-refractivity contribution in [1.82, 2.24) is 0 Å². The van der Waals surface area contributed by atoms with Gasteiger partial charge in [-0.15, -0.1) is 0 Å². The van der Waals surface area contributed by atoms with Gasteiger partial charge in [-0.25, -0.2) is 14.4 Å². The smallest absolute Gasteiger partial charge is 0.351 e. The summed E-state index contributed by atoms with van der Waals surface area (Å²) in [5, 5.41) is 38.3. The van der Waals surface area contributed by atoms with Gasteiger partial charge in [-0.3, -0.25) is 14.4 Å². The molecule has 2 aromatic rings. The van der Waals surface area contributed by atoms with Crippen molar-refractivity contribution >= 4 is 35.6 Å². The van der Waals surface area contributed by atoms with Crippen LogP contribution in [0.15, 0.2) is 36.4 Å². The molecule has 0 aliphatic rings. The highest BCUT2D eigenvalue weighted by Gasteiger charge is 2.34. The lowest BCUT2D eigenvalue weighted by Gasteiger charge is -2.23. The predicted molar refractivity (Wildman–Crippen MR) is 167 cm³/mol. The van der Waals surface area contributed by atoms with Crippen LogP contribution in [0, 0.1) is 0 Å². The molecule has 8 N–H and O–H groups in total. The van der Waals surface area contributed by atoms with Crippen molar-refractivity contribution in [3.63, 3.8) is 0 Å². The van der Waals surface area contributed by atoms with Crippen LogP contribution in [0.2, 0.25) is 0 Å². The molecular weight excluding hydrogens is 668 g/mol. The zero-order chi connectivity index (χ0) is 37.7. The number of carbonyl (C=O) groups excluding carboxylic acids is 6. The summed E-state index contributed by atoms with van der Waals surface area (Å²) in [6.07, 6.45) is -6.74. The summed E-state index contributed by atoms with van der Waals surface area (Å²) in [5.74, 6) is -8.24. The number of carbonyl (C=O) groups is 6. The number of aromatic hydroxyl groups is 4. The SMILES string of the molecule is CO[C@@H](C)C(=O)O[C@@H](C)C(=O)O[C@@H](COC(=O)C(N)Cc1ccc(O)c(O)c1)C(=O)O[C@@H](COC(=O)C(N)Cc1ccc(O)c(O)c1)C(C)=O. The molecule has 0 aliphatic heterocycles. The molecule has 0 heterocycles. The van der Waals surface area contributed by atoms with E-state index in [4.69, 9.17) is 39.9 Å². The van der Waals surface area contributed by atoms with Crippen molar-refractivity contribution < 1.29 is 77.6 Å². The van der Waals surface area contributed by atoms with Crippen molar-refractivity contribution in [2.24, 2.45) is 11.5 Å². The van der Waals surface area contributed by atoms with E-state index in [1.807, 2.05) is 0 Å². The van der Waals surface area contributed by atoms with E-state index in [0.29, 0.717) is 11.1 Å². The molecule has 2 aromatic carbocycles. The van der Waals surface area contributed by atoms with Crippen LogP contribution < -0.4 is 11.5 Å². The normalized spacial score (nSPS) is 14.5. The summed E-state index contributed by atoms with van der Waals surface area (Å²) < 4.78 is 30.1. The summed E-state index contributed by atoms with van der Waals surface area (Å²) in [4.78, 5) is 75.4. The summed E-state index contributed by atoms with van der Waals surface area (Å²) in [6, 6.07) is 4.84. The van der Waals surface area contributed by atoms with E-state index in [1.165, 1.54) is 44.4 Å². The van der Waals surface area contributed by atoms with Crippen molar-refractivity contribution in [2.45, 2.75) is 70.1 Å². The average Bonchev–Trinajstić information content (AvgIpc) is 3.06. The fourth-order valence-corrected chi connectivity index (χ4v) is 3.85. The Labute approximate surface area is 285 Å². The van der Waals surface area contributed by atoms with E-state index in [9.17, 15) is 49.2 Å². The van der Waals surface area contributed by atoms with Crippen LogP contribution in [0.25, 0.3) is 0 Å². The number of ketones is 1. The fourth-order valence-electron chi connectivity index (χ4n) is 3.85. The highest BCUT2D eigenvalue weighted by molar-refractivity contribution is 5.87. The molecule has 0 radical (unpaired) electrons. The Bertz CT molecular complexity index is 1550. The molecule has 0 amide bonds. The molecule has 0 saturated heterocycles. The second-order valence-corrected chi connectivity index (χ2v) is 10.9. The van der Waals surface area contributed by atoms with Crippen molar-refractivity contribution in [2.75, 3.05) is 20.3 Å². The van der Waals surface area contributed by atoms with E-state index in [1.54, 1.807) is 0 Å². The van der Waals surface area contributed by atoms with E-state index >= 15 is 0 Å². The summed E-state index contributed by atoms with van der Waals surface area (Å²) >= 11 is 0. The minimum Gasteiger partial charge on any atom is -0.504 e. The monoisotopic (exact) mass is 708 g/mol. The second kappa shape index (κ2) is 18.9. The van der Waals surface area contributed by atoms with Crippen LogP contribution in [-0.2, 0) is 70.0 Å². The molecule has 0 spiro atoms. The number of hydrogen-bond acceptors (Lipinski definition) is 18. The maximum atomic E-state index is 13.2. The van der Waals surface area contributed by atoms with Crippen LogP contribution in [0.5, 0.6) is 23.0 Å². The molecule has 18 nitrogen and oxygen atoms in total. The Kier molecular flexibility index (Phi) is 15.4. The lowest BCUT2D eigenvalue weighted by atomic mass is 10.1. The van der Waals surface area contributed by atoms with Crippen LogP contribution >= 0.6 is 0 Å². The number of Topliss-reactive ketones (excluding diaryl/α,β-unsaturated/α-hetero) is 1. The van der Waals surface area contributed by atoms with Gasteiger partial charge in [0.25, 0.3) is 0 Å². The number of rotatable bonds is 18. The molecule has 0 bridgehead atoms. The van der Waals surface area contributed by atoms with Gasteiger partial charge in [-0.2, -0.15) is 0 Å². The first kappa shape index (κ1) is 40.7. The average molecular weight is 709 g/mol. The first-order valence-electron chi connectivity index (χ1n) is 14.9. The molecular formula is C32H40N2O16. The van der Waals surface area contributed by atoms with Gasteiger partial charge in [0.15, 0.2) is 47.1 Å². The summed E-state index contributed by atoms with van der Waals surface area (Å²) in [7, 11) is 1.22. The minimum absolute atomic E-state index is 0.136. The van der Waals surface area contributed by atoms with Crippen LogP contribution in [-0.4, -0.2) is 113 Å². The number of methoxy groups -OCH3 is 1. The first-order valence-corrected chi connectivity index (χ1v) is 14.9. The van der Waals surface area contributed by atoms with Crippen molar-refractivity contribution in [3.8, 4) is 23.0 Å². The van der Waals surface area contributed by atoms with Crippen LogP contribution in [0.4, 0.5) is 0 Å². The molecule has 50 heavy (non-hydrogen) atoms. The number of ether oxygens (including phenoxy) is 6. The number of esters is 5. The Morgan fingerprint density at radius 3 is 1.44 bits per heavy atom. The Morgan fingerprint density at radius 1 is 0.600 bits per heavy atom. The number of hydrogen-bond donors (Lipinski definition) is 6. The number of benzene rings is 2. The van der Waals surface area contributed by atoms with E-state index in [0.717, 1.165) is 19.9 Å². The summed E-state index contributed by atoms with van der Waals surface area (Å²) in [5.41, 5.74) is 12.4. The van der Waals surface area contributed by atoms with Gasteiger partial charge in [0, 0.05) is 7.11 Å². The van der Waals surface area contributed by atoms with Gasteiger partial charge in [-0.1, -0.05) is 12.1 Å². The van der Waals surface area contributed by atoms with Crippen LogP contribution in [0.3, 0.4) is 0 Å². The third kappa shape index (κ3) is 12.5. The number of phenols is 4. The van der Waals surface area contributed by atoms with E-state index < -0.39 is 103 Å². The van der Waals surface area contributed by atoms with Gasteiger partial charge in [-0.05, 0) is 69.0 Å².